The molecule has 1 fully saturated rings. The Morgan fingerprint density at radius 3 is 2.96 bits per heavy atom. The molecule has 0 bridgehead atoms. The minimum absolute atomic E-state index is 0.0140. The largest absolute Gasteiger partial charge is 0.376 e. The van der Waals surface area contributed by atoms with Gasteiger partial charge in [0.1, 0.15) is 5.82 Å². The van der Waals surface area contributed by atoms with Gasteiger partial charge >= 0.3 is 0 Å². The van der Waals surface area contributed by atoms with Gasteiger partial charge in [-0.3, -0.25) is 9.69 Å². The van der Waals surface area contributed by atoms with Crippen molar-refractivity contribution in [3.8, 4) is 0 Å². The van der Waals surface area contributed by atoms with E-state index in [1.165, 1.54) is 34.8 Å². The lowest BCUT2D eigenvalue weighted by atomic mass is 10.1. The van der Waals surface area contributed by atoms with Gasteiger partial charge in [-0.05, 0) is 49.2 Å². The van der Waals surface area contributed by atoms with E-state index in [-0.39, 0.29) is 17.8 Å². The molecule has 1 aliphatic heterocycles. The van der Waals surface area contributed by atoms with Gasteiger partial charge in [0, 0.05) is 12.2 Å². The van der Waals surface area contributed by atoms with Gasteiger partial charge in [-0.2, -0.15) is 0 Å². The molecule has 0 saturated carbocycles. The van der Waals surface area contributed by atoms with E-state index in [0.717, 1.165) is 27.8 Å². The van der Waals surface area contributed by atoms with Gasteiger partial charge in [-0.15, -0.1) is 11.3 Å². The SMILES string of the molecule is O=C(c1ccc2ncsc2c1)N(CC1CCCO1)c1nc2ccc(F)cc2s1. The molecular formula is C20H16FN3O2S2. The van der Waals surface area contributed by atoms with Crippen LogP contribution in [0.4, 0.5) is 9.52 Å². The Labute approximate surface area is 168 Å². The molecule has 1 saturated heterocycles. The monoisotopic (exact) mass is 413 g/mol. The van der Waals surface area contributed by atoms with Crippen molar-refractivity contribution in [1.82, 2.24) is 9.97 Å². The van der Waals surface area contributed by atoms with Crippen LogP contribution in [0.5, 0.6) is 0 Å². The summed E-state index contributed by atoms with van der Waals surface area (Å²) in [7, 11) is 0. The van der Waals surface area contributed by atoms with Crippen molar-refractivity contribution < 1.29 is 13.9 Å². The number of carbonyl (C=O) groups excluding carboxylic acids is 1. The molecule has 2 aromatic carbocycles. The van der Waals surface area contributed by atoms with Crippen LogP contribution in [-0.4, -0.2) is 35.1 Å². The summed E-state index contributed by atoms with van der Waals surface area (Å²) in [5, 5.41) is 0.561. The molecule has 1 aliphatic rings. The molecule has 8 heteroatoms. The Bertz CT molecular complexity index is 1170. The highest BCUT2D eigenvalue weighted by Gasteiger charge is 2.27. The first-order chi connectivity index (χ1) is 13.7. The molecule has 1 atom stereocenters. The molecule has 28 heavy (non-hydrogen) atoms. The number of fused-ring (bicyclic) bond motifs is 2. The van der Waals surface area contributed by atoms with Gasteiger partial charge in [-0.25, -0.2) is 14.4 Å². The van der Waals surface area contributed by atoms with Crippen LogP contribution in [-0.2, 0) is 4.74 Å². The maximum absolute atomic E-state index is 13.6. The number of anilines is 1. The van der Waals surface area contributed by atoms with E-state index in [2.05, 4.69) is 9.97 Å². The van der Waals surface area contributed by atoms with Gasteiger partial charge in [0.05, 0.1) is 38.6 Å². The number of rotatable bonds is 4. The van der Waals surface area contributed by atoms with Crippen LogP contribution in [0.15, 0.2) is 41.9 Å². The second-order valence-electron chi connectivity index (χ2n) is 6.69. The van der Waals surface area contributed by atoms with E-state index in [0.29, 0.717) is 29.4 Å². The number of halogens is 1. The standard InChI is InChI=1S/C20H16FN3O2S2/c21-13-4-6-16-18(9-13)28-20(23-16)24(10-14-2-1-7-26-14)19(25)12-3-5-15-17(8-12)27-11-22-15/h3-6,8-9,11,14H,1-2,7,10H2. The number of nitrogens with zero attached hydrogens (tertiary/aromatic N) is 3. The van der Waals surface area contributed by atoms with Gasteiger partial charge in [0.25, 0.3) is 5.91 Å². The van der Waals surface area contributed by atoms with Gasteiger partial charge < -0.3 is 4.74 Å². The van der Waals surface area contributed by atoms with E-state index < -0.39 is 0 Å². The predicted molar refractivity (Wildman–Crippen MR) is 110 cm³/mol. The Kier molecular flexibility index (Phi) is 4.54. The van der Waals surface area contributed by atoms with Crippen molar-refractivity contribution in [3.05, 3.63) is 53.3 Å². The van der Waals surface area contributed by atoms with E-state index in [4.69, 9.17) is 4.74 Å². The quantitative estimate of drug-likeness (QED) is 0.479. The highest BCUT2D eigenvalue weighted by molar-refractivity contribution is 7.22. The number of aromatic nitrogens is 2. The zero-order chi connectivity index (χ0) is 19.1. The molecule has 0 spiro atoms. The summed E-state index contributed by atoms with van der Waals surface area (Å²) in [4.78, 5) is 23.9. The third kappa shape index (κ3) is 3.28. The topological polar surface area (TPSA) is 55.3 Å². The first-order valence-corrected chi connectivity index (χ1v) is 10.7. The number of carbonyl (C=O) groups is 1. The van der Waals surface area contributed by atoms with Crippen molar-refractivity contribution in [2.75, 3.05) is 18.1 Å². The third-order valence-electron chi connectivity index (χ3n) is 4.80. The zero-order valence-corrected chi connectivity index (χ0v) is 16.4. The van der Waals surface area contributed by atoms with Crippen molar-refractivity contribution >= 4 is 54.1 Å². The second-order valence-corrected chi connectivity index (χ2v) is 8.59. The normalized spacial score (nSPS) is 16.8. The molecule has 0 N–H and O–H groups in total. The average molecular weight is 413 g/mol. The number of amides is 1. The maximum Gasteiger partial charge on any atom is 0.260 e. The summed E-state index contributed by atoms with van der Waals surface area (Å²) in [6, 6.07) is 9.99. The van der Waals surface area contributed by atoms with Crippen LogP contribution >= 0.6 is 22.7 Å². The Morgan fingerprint density at radius 2 is 2.11 bits per heavy atom. The molecular weight excluding hydrogens is 397 g/mol. The fraction of sp³-hybridized carbons (Fsp3) is 0.250. The van der Waals surface area contributed by atoms with Crippen molar-refractivity contribution in [2.24, 2.45) is 0 Å². The van der Waals surface area contributed by atoms with Gasteiger partial charge in [-0.1, -0.05) is 11.3 Å². The highest BCUT2D eigenvalue weighted by atomic mass is 32.1. The minimum Gasteiger partial charge on any atom is -0.376 e. The molecule has 142 valence electrons. The van der Waals surface area contributed by atoms with E-state index in [1.54, 1.807) is 22.5 Å². The van der Waals surface area contributed by atoms with E-state index >= 15 is 0 Å². The van der Waals surface area contributed by atoms with Crippen molar-refractivity contribution in [2.45, 2.75) is 18.9 Å². The molecule has 4 aromatic rings. The molecule has 3 heterocycles. The summed E-state index contributed by atoms with van der Waals surface area (Å²) in [5.41, 5.74) is 3.91. The minimum atomic E-state index is -0.310. The second kappa shape index (κ2) is 7.20. The Hall–Kier alpha value is -2.42. The van der Waals surface area contributed by atoms with Crippen molar-refractivity contribution in [3.63, 3.8) is 0 Å². The van der Waals surface area contributed by atoms with Gasteiger partial charge in [0.2, 0.25) is 0 Å². The molecule has 1 unspecified atom stereocenters. The number of hydrogen-bond donors (Lipinski definition) is 0. The van der Waals surface area contributed by atoms with Crippen molar-refractivity contribution in [1.29, 1.82) is 0 Å². The Morgan fingerprint density at radius 1 is 1.21 bits per heavy atom. The third-order valence-corrected chi connectivity index (χ3v) is 6.64. The predicted octanol–water partition coefficient (Wildman–Crippen LogP) is 4.87. The number of ether oxygens (including phenoxy) is 1. The first-order valence-electron chi connectivity index (χ1n) is 9.00. The molecule has 1 amide bonds. The molecule has 5 rings (SSSR count). The van der Waals surface area contributed by atoms with Crippen LogP contribution in [0.2, 0.25) is 0 Å². The first kappa shape index (κ1) is 17.7. The van der Waals surface area contributed by atoms with Crippen LogP contribution < -0.4 is 4.90 Å². The van der Waals surface area contributed by atoms with E-state index in [1.807, 2.05) is 12.1 Å². The Balaban J connectivity index is 1.54. The summed E-state index contributed by atoms with van der Waals surface area (Å²) in [5.74, 6) is -0.444. The maximum atomic E-state index is 13.6. The molecule has 0 aliphatic carbocycles. The fourth-order valence-electron chi connectivity index (χ4n) is 3.39. The van der Waals surface area contributed by atoms with Crippen LogP contribution in [0, 0.1) is 5.82 Å². The zero-order valence-electron chi connectivity index (χ0n) is 14.8. The average Bonchev–Trinajstić information content (AvgIpc) is 3.44. The summed E-state index contributed by atoms with van der Waals surface area (Å²) in [6.45, 7) is 1.15. The lowest BCUT2D eigenvalue weighted by molar-refractivity contribution is 0.0917. The number of hydrogen-bond acceptors (Lipinski definition) is 6. The smallest absolute Gasteiger partial charge is 0.260 e. The van der Waals surface area contributed by atoms with Crippen LogP contribution in [0.3, 0.4) is 0 Å². The molecule has 0 radical (unpaired) electrons. The lowest BCUT2D eigenvalue weighted by Gasteiger charge is -2.23. The number of benzene rings is 2. The van der Waals surface area contributed by atoms with Gasteiger partial charge in [0.15, 0.2) is 5.13 Å². The van der Waals surface area contributed by atoms with E-state index in [9.17, 15) is 9.18 Å². The summed E-state index contributed by atoms with van der Waals surface area (Å²) in [6.07, 6.45) is 1.89. The highest BCUT2D eigenvalue weighted by Crippen LogP contribution is 2.32. The van der Waals surface area contributed by atoms with Crippen LogP contribution in [0.1, 0.15) is 23.2 Å². The molecule has 5 nitrogen and oxygen atoms in total. The summed E-state index contributed by atoms with van der Waals surface area (Å²) < 4.78 is 21.0. The van der Waals surface area contributed by atoms with Crippen LogP contribution in [0.25, 0.3) is 20.4 Å². The molecule has 2 aromatic heterocycles. The fourth-order valence-corrected chi connectivity index (χ4v) is 5.10. The lowest BCUT2D eigenvalue weighted by Crippen LogP contribution is -2.37. The number of thiazole rings is 2. The summed E-state index contributed by atoms with van der Waals surface area (Å²) >= 11 is 2.82.